The van der Waals surface area contributed by atoms with Crippen LogP contribution in [0.2, 0.25) is 0 Å². The molecular weight excluding hydrogens is 308 g/mol. The van der Waals surface area contributed by atoms with E-state index in [9.17, 15) is 8.42 Å². The van der Waals surface area contributed by atoms with Crippen molar-refractivity contribution in [3.05, 3.63) is 29.3 Å². The Balaban J connectivity index is 1.70. The number of aryl methyl sites for hydroxylation is 2. The fraction of sp³-hybridized carbons (Fsp3) is 0.667. The second kappa shape index (κ2) is 6.91. The Kier molecular flexibility index (Phi) is 5.09. The van der Waals surface area contributed by atoms with E-state index < -0.39 is 10.0 Å². The minimum absolute atomic E-state index is 0.279. The van der Waals surface area contributed by atoms with Gasteiger partial charge in [0, 0.05) is 12.6 Å². The van der Waals surface area contributed by atoms with Gasteiger partial charge in [-0.2, -0.15) is 0 Å². The quantitative estimate of drug-likeness (QED) is 0.869. The number of nitrogens with one attached hydrogen (secondary N) is 1. The zero-order valence-electron chi connectivity index (χ0n) is 14.2. The van der Waals surface area contributed by atoms with Crippen LogP contribution in [0.5, 0.6) is 0 Å². The largest absolute Gasteiger partial charge is 0.299 e. The molecule has 0 saturated carbocycles. The van der Waals surface area contributed by atoms with Gasteiger partial charge in [0.2, 0.25) is 10.0 Å². The molecule has 0 spiro atoms. The standard InChI is InChI=1S/C18H28N2O2S/c1-14(2)18(20-10-3-4-11-20)13-19-23(21,22)17-9-8-15-6-5-7-16(15)12-17/h8-9,12,14,18-19H,3-7,10-11,13H2,1-2H3. The van der Waals surface area contributed by atoms with Gasteiger partial charge in [0.05, 0.1) is 4.90 Å². The van der Waals surface area contributed by atoms with Gasteiger partial charge in [0.25, 0.3) is 0 Å². The molecule has 1 aliphatic carbocycles. The molecule has 3 rings (SSSR count). The van der Waals surface area contributed by atoms with Crippen LogP contribution in [0, 0.1) is 5.92 Å². The minimum atomic E-state index is -3.42. The smallest absolute Gasteiger partial charge is 0.240 e. The van der Waals surface area contributed by atoms with E-state index in [4.69, 9.17) is 0 Å². The van der Waals surface area contributed by atoms with E-state index in [1.807, 2.05) is 12.1 Å². The third-order valence-electron chi connectivity index (χ3n) is 5.24. The summed E-state index contributed by atoms with van der Waals surface area (Å²) in [6.45, 7) is 7.02. The molecule has 0 aromatic heterocycles. The van der Waals surface area contributed by atoms with Gasteiger partial charge >= 0.3 is 0 Å². The molecular formula is C18H28N2O2S. The van der Waals surface area contributed by atoms with Crippen molar-refractivity contribution in [1.29, 1.82) is 0 Å². The molecule has 128 valence electrons. The van der Waals surface area contributed by atoms with Crippen molar-refractivity contribution in [3.8, 4) is 0 Å². The Morgan fingerprint density at radius 3 is 2.48 bits per heavy atom. The lowest BCUT2D eigenvalue weighted by Crippen LogP contribution is -2.45. The Hall–Kier alpha value is -0.910. The third kappa shape index (κ3) is 3.78. The van der Waals surface area contributed by atoms with Crippen LogP contribution in [0.1, 0.15) is 44.2 Å². The van der Waals surface area contributed by atoms with Crippen molar-refractivity contribution in [3.63, 3.8) is 0 Å². The number of nitrogens with zero attached hydrogens (tertiary/aromatic N) is 1. The average molecular weight is 337 g/mol. The predicted molar refractivity (Wildman–Crippen MR) is 93.1 cm³/mol. The van der Waals surface area contributed by atoms with Gasteiger partial charge in [-0.15, -0.1) is 0 Å². The maximum Gasteiger partial charge on any atom is 0.240 e. The summed E-state index contributed by atoms with van der Waals surface area (Å²) >= 11 is 0. The molecule has 4 nitrogen and oxygen atoms in total. The molecule has 1 fully saturated rings. The summed E-state index contributed by atoms with van der Waals surface area (Å²) < 4.78 is 28.1. The molecule has 1 N–H and O–H groups in total. The SMILES string of the molecule is CC(C)C(CNS(=O)(=O)c1ccc2c(c1)CCC2)N1CCCC1. The molecule has 23 heavy (non-hydrogen) atoms. The van der Waals surface area contributed by atoms with Gasteiger partial charge in [-0.05, 0) is 74.4 Å². The molecule has 0 bridgehead atoms. The summed E-state index contributed by atoms with van der Waals surface area (Å²) in [5.41, 5.74) is 2.51. The zero-order valence-corrected chi connectivity index (χ0v) is 15.0. The fourth-order valence-electron chi connectivity index (χ4n) is 3.85. The Bertz CT molecular complexity index is 649. The molecule has 1 aromatic carbocycles. The van der Waals surface area contributed by atoms with Crippen LogP contribution in [0.3, 0.4) is 0 Å². The molecule has 0 amide bonds. The summed E-state index contributed by atoms with van der Waals surface area (Å²) in [5, 5.41) is 0. The van der Waals surface area contributed by atoms with Gasteiger partial charge < -0.3 is 0 Å². The number of hydrogen-bond donors (Lipinski definition) is 1. The lowest BCUT2D eigenvalue weighted by Gasteiger charge is -2.30. The fourth-order valence-corrected chi connectivity index (χ4v) is 4.95. The van der Waals surface area contributed by atoms with Crippen molar-refractivity contribution >= 4 is 10.0 Å². The molecule has 1 saturated heterocycles. The number of sulfonamides is 1. The first-order valence-corrected chi connectivity index (χ1v) is 10.3. The minimum Gasteiger partial charge on any atom is -0.299 e. The first-order valence-electron chi connectivity index (χ1n) is 8.83. The number of rotatable bonds is 6. The van der Waals surface area contributed by atoms with Crippen LogP contribution in [-0.2, 0) is 22.9 Å². The van der Waals surface area contributed by atoms with E-state index in [1.54, 1.807) is 6.07 Å². The summed E-state index contributed by atoms with van der Waals surface area (Å²) in [6.07, 6.45) is 5.66. The van der Waals surface area contributed by atoms with Crippen molar-refractivity contribution in [2.45, 2.75) is 56.9 Å². The lowest BCUT2D eigenvalue weighted by atomic mass is 10.0. The highest BCUT2D eigenvalue weighted by atomic mass is 32.2. The topological polar surface area (TPSA) is 49.4 Å². The predicted octanol–water partition coefficient (Wildman–Crippen LogP) is 2.57. The van der Waals surface area contributed by atoms with Gasteiger partial charge in [-0.3, -0.25) is 4.90 Å². The van der Waals surface area contributed by atoms with Crippen LogP contribution < -0.4 is 4.72 Å². The van der Waals surface area contributed by atoms with Crippen LogP contribution in [0.25, 0.3) is 0 Å². The maximum absolute atomic E-state index is 12.6. The van der Waals surface area contributed by atoms with Crippen LogP contribution >= 0.6 is 0 Å². The van der Waals surface area contributed by atoms with E-state index in [0.717, 1.165) is 32.4 Å². The number of benzene rings is 1. The summed E-state index contributed by atoms with van der Waals surface area (Å²) in [7, 11) is -3.42. The summed E-state index contributed by atoms with van der Waals surface area (Å²) in [4.78, 5) is 2.85. The van der Waals surface area contributed by atoms with Gasteiger partial charge in [-0.1, -0.05) is 19.9 Å². The average Bonchev–Trinajstić information content (AvgIpc) is 3.17. The van der Waals surface area contributed by atoms with E-state index in [2.05, 4.69) is 23.5 Å². The molecule has 5 heteroatoms. The van der Waals surface area contributed by atoms with Gasteiger partial charge in [0.15, 0.2) is 0 Å². The van der Waals surface area contributed by atoms with Gasteiger partial charge in [0.1, 0.15) is 0 Å². The van der Waals surface area contributed by atoms with Crippen molar-refractivity contribution < 1.29 is 8.42 Å². The Labute approximate surface area is 140 Å². The monoisotopic (exact) mass is 336 g/mol. The second-order valence-corrected chi connectivity index (χ2v) is 8.96. The molecule has 1 unspecified atom stereocenters. The Morgan fingerprint density at radius 1 is 1.09 bits per heavy atom. The van der Waals surface area contributed by atoms with Crippen molar-refractivity contribution in [1.82, 2.24) is 9.62 Å². The highest BCUT2D eigenvalue weighted by Crippen LogP contribution is 2.25. The Morgan fingerprint density at radius 2 is 1.78 bits per heavy atom. The molecule has 1 heterocycles. The zero-order chi connectivity index (χ0) is 16.4. The summed E-state index contributed by atoms with van der Waals surface area (Å²) in [5.74, 6) is 0.441. The summed E-state index contributed by atoms with van der Waals surface area (Å²) in [6, 6.07) is 5.89. The van der Waals surface area contributed by atoms with E-state index in [-0.39, 0.29) is 6.04 Å². The third-order valence-corrected chi connectivity index (χ3v) is 6.66. The van der Waals surface area contributed by atoms with Crippen molar-refractivity contribution in [2.24, 2.45) is 5.92 Å². The molecule has 1 aromatic rings. The first-order chi connectivity index (χ1) is 11.0. The highest BCUT2D eigenvalue weighted by molar-refractivity contribution is 7.89. The molecule has 2 aliphatic rings. The lowest BCUT2D eigenvalue weighted by molar-refractivity contribution is 0.193. The van der Waals surface area contributed by atoms with E-state index in [1.165, 1.54) is 24.0 Å². The number of fused-ring (bicyclic) bond motifs is 1. The van der Waals surface area contributed by atoms with Crippen molar-refractivity contribution in [2.75, 3.05) is 19.6 Å². The van der Waals surface area contributed by atoms with E-state index >= 15 is 0 Å². The highest BCUT2D eigenvalue weighted by Gasteiger charge is 2.27. The van der Waals surface area contributed by atoms with Crippen LogP contribution in [0.15, 0.2) is 23.1 Å². The number of hydrogen-bond acceptors (Lipinski definition) is 3. The van der Waals surface area contributed by atoms with Crippen LogP contribution in [-0.4, -0.2) is 39.0 Å². The maximum atomic E-state index is 12.6. The first kappa shape index (κ1) is 16.9. The number of likely N-dealkylation sites (tertiary alicyclic amines) is 1. The molecule has 1 atom stereocenters. The van der Waals surface area contributed by atoms with Crippen LogP contribution in [0.4, 0.5) is 0 Å². The second-order valence-electron chi connectivity index (χ2n) is 7.19. The van der Waals surface area contributed by atoms with Gasteiger partial charge in [-0.25, -0.2) is 13.1 Å². The molecule has 0 radical (unpaired) electrons. The molecule has 1 aliphatic heterocycles. The normalized spacial score (nSPS) is 20.1. The van der Waals surface area contributed by atoms with E-state index in [0.29, 0.717) is 17.4 Å².